The summed E-state index contributed by atoms with van der Waals surface area (Å²) in [5.41, 5.74) is 1.43. The van der Waals surface area contributed by atoms with Crippen LogP contribution < -0.4 is 5.32 Å². The van der Waals surface area contributed by atoms with E-state index in [1.165, 1.54) is 12.1 Å². The highest BCUT2D eigenvalue weighted by molar-refractivity contribution is 5.88. The Morgan fingerprint density at radius 3 is 2.53 bits per heavy atom. The summed E-state index contributed by atoms with van der Waals surface area (Å²) in [6.45, 7) is 1.93. The second-order valence-corrected chi connectivity index (χ2v) is 4.31. The van der Waals surface area contributed by atoms with E-state index in [2.05, 4.69) is 5.32 Å². The van der Waals surface area contributed by atoms with Gasteiger partial charge in [0.1, 0.15) is 5.82 Å². The minimum atomic E-state index is -1.14. The van der Waals surface area contributed by atoms with Crippen LogP contribution in [-0.4, -0.2) is 11.1 Å². The van der Waals surface area contributed by atoms with Gasteiger partial charge in [0.05, 0.1) is 5.56 Å². The van der Waals surface area contributed by atoms with Gasteiger partial charge in [0, 0.05) is 11.7 Å². The van der Waals surface area contributed by atoms with Crippen molar-refractivity contribution in [3.63, 3.8) is 0 Å². The lowest BCUT2D eigenvalue weighted by atomic mass is 10.1. The Morgan fingerprint density at radius 1 is 1.21 bits per heavy atom. The molecule has 3 nitrogen and oxygen atoms in total. The molecular formula is C15H14FNO2. The van der Waals surface area contributed by atoms with Crippen molar-refractivity contribution in [3.05, 3.63) is 65.5 Å². The lowest BCUT2D eigenvalue weighted by Crippen LogP contribution is -2.08. The fourth-order valence-corrected chi connectivity index (χ4v) is 1.87. The van der Waals surface area contributed by atoms with E-state index in [-0.39, 0.29) is 11.6 Å². The zero-order valence-electron chi connectivity index (χ0n) is 10.4. The van der Waals surface area contributed by atoms with Crippen LogP contribution in [0.15, 0.2) is 48.5 Å². The molecule has 19 heavy (non-hydrogen) atoms. The number of carboxylic acids is 1. The van der Waals surface area contributed by atoms with Crippen molar-refractivity contribution < 1.29 is 14.3 Å². The van der Waals surface area contributed by atoms with E-state index >= 15 is 0 Å². The monoisotopic (exact) mass is 259 g/mol. The highest BCUT2D eigenvalue weighted by Crippen LogP contribution is 2.21. The van der Waals surface area contributed by atoms with Gasteiger partial charge in [-0.15, -0.1) is 0 Å². The summed E-state index contributed by atoms with van der Waals surface area (Å²) in [5.74, 6) is -1.71. The van der Waals surface area contributed by atoms with Gasteiger partial charge in [0.2, 0.25) is 0 Å². The molecule has 0 saturated carbocycles. The van der Waals surface area contributed by atoms with E-state index in [0.29, 0.717) is 5.69 Å². The highest BCUT2D eigenvalue weighted by Gasteiger charge is 2.09. The maximum absolute atomic E-state index is 13.3. The van der Waals surface area contributed by atoms with Gasteiger partial charge in [-0.2, -0.15) is 0 Å². The summed E-state index contributed by atoms with van der Waals surface area (Å²) in [4.78, 5) is 10.9. The third-order valence-electron chi connectivity index (χ3n) is 2.83. The first-order valence-electron chi connectivity index (χ1n) is 5.91. The first-order chi connectivity index (χ1) is 9.06. The summed E-state index contributed by atoms with van der Waals surface area (Å²) < 4.78 is 13.3. The van der Waals surface area contributed by atoms with Gasteiger partial charge in [0.25, 0.3) is 0 Å². The molecule has 0 radical (unpaired) electrons. The van der Waals surface area contributed by atoms with Crippen molar-refractivity contribution >= 4 is 11.7 Å². The minimum absolute atomic E-state index is 0.0374. The van der Waals surface area contributed by atoms with Gasteiger partial charge >= 0.3 is 5.97 Å². The Hall–Kier alpha value is -2.36. The van der Waals surface area contributed by atoms with E-state index in [1.54, 1.807) is 0 Å². The normalized spacial score (nSPS) is 11.9. The van der Waals surface area contributed by atoms with Crippen molar-refractivity contribution in [2.75, 3.05) is 5.32 Å². The van der Waals surface area contributed by atoms with Crippen LogP contribution in [0.25, 0.3) is 0 Å². The molecule has 0 aliphatic carbocycles. The Kier molecular flexibility index (Phi) is 3.80. The predicted octanol–water partition coefficient (Wildman–Crippen LogP) is 3.70. The number of rotatable bonds is 4. The summed E-state index contributed by atoms with van der Waals surface area (Å²) in [6.07, 6.45) is 0. The molecule has 1 atom stereocenters. The molecule has 0 spiro atoms. The molecule has 0 aromatic heterocycles. The average Bonchev–Trinajstić information content (AvgIpc) is 2.39. The number of hydrogen-bond donors (Lipinski definition) is 2. The predicted molar refractivity (Wildman–Crippen MR) is 71.8 cm³/mol. The number of benzene rings is 2. The second-order valence-electron chi connectivity index (χ2n) is 4.31. The van der Waals surface area contributed by atoms with Crippen LogP contribution in [0.1, 0.15) is 28.9 Å². The highest BCUT2D eigenvalue weighted by atomic mass is 19.1. The standard InChI is InChI=1S/C15H14FNO2/c1-10(11-5-3-2-4-6-11)17-14-8-12(15(18)19)7-13(16)9-14/h2-10,17H,1H3,(H,18,19). The Labute approximate surface area is 110 Å². The SMILES string of the molecule is CC(Nc1cc(F)cc(C(=O)O)c1)c1ccccc1. The Morgan fingerprint density at radius 2 is 1.89 bits per heavy atom. The van der Waals surface area contributed by atoms with Gasteiger partial charge in [-0.05, 0) is 30.7 Å². The first kappa shape index (κ1) is 13.1. The number of anilines is 1. The number of nitrogens with one attached hydrogen (secondary N) is 1. The quantitative estimate of drug-likeness (QED) is 0.880. The molecule has 98 valence electrons. The van der Waals surface area contributed by atoms with Crippen molar-refractivity contribution in [2.24, 2.45) is 0 Å². The van der Waals surface area contributed by atoms with Crippen LogP contribution in [0.4, 0.5) is 10.1 Å². The average molecular weight is 259 g/mol. The lowest BCUT2D eigenvalue weighted by molar-refractivity contribution is 0.0696. The molecule has 0 heterocycles. The smallest absolute Gasteiger partial charge is 0.335 e. The third-order valence-corrected chi connectivity index (χ3v) is 2.83. The van der Waals surface area contributed by atoms with Crippen LogP contribution in [-0.2, 0) is 0 Å². The molecule has 0 aliphatic rings. The molecule has 0 aliphatic heterocycles. The number of carbonyl (C=O) groups is 1. The van der Waals surface area contributed by atoms with Crippen molar-refractivity contribution in [1.82, 2.24) is 0 Å². The van der Waals surface area contributed by atoms with E-state index in [0.717, 1.165) is 11.6 Å². The summed E-state index contributed by atoms with van der Waals surface area (Å²) in [6, 6.07) is 13.3. The zero-order valence-corrected chi connectivity index (χ0v) is 10.4. The molecular weight excluding hydrogens is 245 g/mol. The zero-order chi connectivity index (χ0) is 13.8. The van der Waals surface area contributed by atoms with E-state index in [1.807, 2.05) is 37.3 Å². The van der Waals surface area contributed by atoms with Crippen LogP contribution in [0.5, 0.6) is 0 Å². The maximum Gasteiger partial charge on any atom is 0.335 e. The molecule has 2 aromatic carbocycles. The second kappa shape index (κ2) is 5.52. The maximum atomic E-state index is 13.3. The van der Waals surface area contributed by atoms with E-state index in [9.17, 15) is 9.18 Å². The molecule has 2 aromatic rings. The molecule has 0 amide bonds. The molecule has 1 unspecified atom stereocenters. The fourth-order valence-electron chi connectivity index (χ4n) is 1.87. The van der Waals surface area contributed by atoms with Gasteiger partial charge in [0.15, 0.2) is 0 Å². The summed E-state index contributed by atoms with van der Waals surface area (Å²) in [7, 11) is 0. The third kappa shape index (κ3) is 3.31. The molecule has 2 N–H and O–H groups in total. The minimum Gasteiger partial charge on any atom is -0.478 e. The van der Waals surface area contributed by atoms with Gasteiger partial charge in [-0.25, -0.2) is 9.18 Å². The molecule has 4 heteroatoms. The molecule has 2 rings (SSSR count). The molecule has 0 bridgehead atoms. The van der Waals surface area contributed by atoms with Crippen LogP contribution in [0.2, 0.25) is 0 Å². The Bertz CT molecular complexity index is 584. The van der Waals surface area contributed by atoms with Crippen LogP contribution >= 0.6 is 0 Å². The summed E-state index contributed by atoms with van der Waals surface area (Å²) >= 11 is 0. The number of halogens is 1. The number of carboxylic acid groups (broad SMARTS) is 1. The van der Waals surface area contributed by atoms with Crippen molar-refractivity contribution in [3.8, 4) is 0 Å². The van der Waals surface area contributed by atoms with E-state index in [4.69, 9.17) is 5.11 Å². The Balaban J connectivity index is 2.21. The largest absolute Gasteiger partial charge is 0.478 e. The van der Waals surface area contributed by atoms with Crippen molar-refractivity contribution in [1.29, 1.82) is 0 Å². The molecule has 0 fully saturated rings. The van der Waals surface area contributed by atoms with Crippen molar-refractivity contribution in [2.45, 2.75) is 13.0 Å². The van der Waals surface area contributed by atoms with Crippen LogP contribution in [0.3, 0.4) is 0 Å². The number of aromatic carboxylic acids is 1. The molecule has 0 saturated heterocycles. The van der Waals surface area contributed by atoms with Gasteiger partial charge in [-0.1, -0.05) is 30.3 Å². The fraction of sp³-hybridized carbons (Fsp3) is 0.133. The van der Waals surface area contributed by atoms with Gasteiger partial charge < -0.3 is 10.4 Å². The lowest BCUT2D eigenvalue weighted by Gasteiger charge is -2.16. The van der Waals surface area contributed by atoms with E-state index < -0.39 is 11.8 Å². The van der Waals surface area contributed by atoms with Crippen LogP contribution in [0, 0.1) is 5.82 Å². The first-order valence-corrected chi connectivity index (χ1v) is 5.91. The topological polar surface area (TPSA) is 49.3 Å². The number of hydrogen-bond acceptors (Lipinski definition) is 2. The van der Waals surface area contributed by atoms with Gasteiger partial charge in [-0.3, -0.25) is 0 Å². The summed E-state index contributed by atoms with van der Waals surface area (Å²) in [5, 5.41) is 12.0.